The minimum atomic E-state index is -0.326. The van der Waals surface area contributed by atoms with Gasteiger partial charge in [0.05, 0.1) is 16.7 Å². The maximum atomic E-state index is 12.7. The molecule has 0 radical (unpaired) electrons. The normalized spacial score (nSPS) is 18.9. The van der Waals surface area contributed by atoms with Gasteiger partial charge in [0.1, 0.15) is 5.75 Å². The van der Waals surface area contributed by atoms with Crippen molar-refractivity contribution in [2.24, 2.45) is 10.1 Å². The van der Waals surface area contributed by atoms with Crippen LogP contribution >= 0.6 is 11.8 Å². The molecule has 1 N–H and O–H groups in total. The summed E-state index contributed by atoms with van der Waals surface area (Å²) in [5, 5.41) is 17.4. The number of amidine groups is 1. The molecular formula is C27H24N4O2S. The molecule has 3 aromatic rings. The van der Waals surface area contributed by atoms with Gasteiger partial charge in [0.2, 0.25) is 0 Å². The molecule has 6 nitrogen and oxygen atoms in total. The van der Waals surface area contributed by atoms with Gasteiger partial charge in [0.15, 0.2) is 5.17 Å². The number of nitrogens with zero attached hydrogens (tertiary/aromatic N) is 4. The zero-order valence-corrected chi connectivity index (χ0v) is 19.7. The van der Waals surface area contributed by atoms with E-state index in [2.05, 4.69) is 34.2 Å². The van der Waals surface area contributed by atoms with E-state index in [0.717, 1.165) is 22.5 Å². The molecule has 1 unspecified atom stereocenters. The fraction of sp³-hybridized carbons (Fsp3) is 0.148. The van der Waals surface area contributed by atoms with E-state index in [0.29, 0.717) is 22.1 Å². The molecule has 5 rings (SSSR count). The zero-order chi connectivity index (χ0) is 23.7. The standard InChI is InChI=1S/C27H24N4O2S/c1-30(2)21-14-12-19(13-15-21)23-17-22(18-8-4-3-5-9-18)29-31(23)27-28-26(33)25(34-27)16-20-10-6-7-11-24(20)32/h3-16,23,32H,17H2,1-2H3/b25-16-. The van der Waals surface area contributed by atoms with Gasteiger partial charge in [-0.05, 0) is 47.2 Å². The molecule has 0 aliphatic carbocycles. The molecule has 34 heavy (non-hydrogen) atoms. The summed E-state index contributed by atoms with van der Waals surface area (Å²) in [6, 6.07) is 25.3. The Balaban J connectivity index is 1.48. The first-order chi connectivity index (χ1) is 16.5. The number of phenolic OH excluding ortho intramolecular Hbond substituents is 1. The van der Waals surface area contributed by atoms with Crippen LogP contribution in [0.5, 0.6) is 5.75 Å². The van der Waals surface area contributed by atoms with Crippen molar-refractivity contribution in [1.82, 2.24) is 5.01 Å². The van der Waals surface area contributed by atoms with Crippen LogP contribution in [0.3, 0.4) is 0 Å². The zero-order valence-electron chi connectivity index (χ0n) is 18.9. The number of rotatable bonds is 4. The van der Waals surface area contributed by atoms with Gasteiger partial charge >= 0.3 is 0 Å². The molecule has 0 fully saturated rings. The first-order valence-corrected chi connectivity index (χ1v) is 11.8. The van der Waals surface area contributed by atoms with E-state index in [1.165, 1.54) is 11.8 Å². The molecule has 3 aromatic carbocycles. The van der Waals surface area contributed by atoms with Gasteiger partial charge < -0.3 is 10.0 Å². The predicted molar refractivity (Wildman–Crippen MR) is 139 cm³/mol. The van der Waals surface area contributed by atoms with Crippen molar-refractivity contribution in [3.63, 3.8) is 0 Å². The number of carbonyl (C=O) groups excluding carboxylic acids is 1. The minimum absolute atomic E-state index is 0.0741. The summed E-state index contributed by atoms with van der Waals surface area (Å²) >= 11 is 1.28. The summed E-state index contributed by atoms with van der Waals surface area (Å²) in [6.07, 6.45) is 2.38. The number of thioether (sulfide) groups is 1. The molecule has 1 atom stereocenters. The maximum absolute atomic E-state index is 12.7. The number of hydrazone groups is 1. The lowest BCUT2D eigenvalue weighted by molar-refractivity contribution is -0.113. The largest absolute Gasteiger partial charge is 0.507 e. The number of carbonyl (C=O) groups is 1. The van der Waals surface area contributed by atoms with Crippen LogP contribution < -0.4 is 4.90 Å². The lowest BCUT2D eigenvalue weighted by atomic mass is 9.98. The SMILES string of the molecule is CN(C)c1ccc(C2CC(c3ccccc3)=NN2C2=NC(=O)/C(=C/c3ccccc3O)S2)cc1. The number of benzene rings is 3. The van der Waals surface area contributed by atoms with Crippen molar-refractivity contribution in [2.45, 2.75) is 12.5 Å². The third-order valence-corrected chi connectivity index (χ3v) is 6.81. The van der Waals surface area contributed by atoms with Gasteiger partial charge in [-0.15, -0.1) is 0 Å². The number of anilines is 1. The molecule has 0 saturated heterocycles. The fourth-order valence-electron chi connectivity index (χ4n) is 3.99. The second-order valence-corrected chi connectivity index (χ2v) is 9.34. The first-order valence-electron chi connectivity index (χ1n) is 11.0. The first kappa shape index (κ1) is 22.0. The summed E-state index contributed by atoms with van der Waals surface area (Å²) in [5.41, 5.74) is 4.82. The smallest absolute Gasteiger partial charge is 0.286 e. The number of hydrogen-bond donors (Lipinski definition) is 1. The summed E-state index contributed by atoms with van der Waals surface area (Å²) in [7, 11) is 4.03. The molecule has 2 aliphatic heterocycles. The monoisotopic (exact) mass is 468 g/mol. The Morgan fingerprint density at radius 1 is 1.00 bits per heavy atom. The van der Waals surface area contributed by atoms with Crippen LogP contribution in [-0.4, -0.2) is 41.0 Å². The van der Waals surface area contributed by atoms with Crippen LogP contribution in [0.1, 0.15) is 29.2 Å². The second kappa shape index (κ2) is 9.19. The number of amides is 1. The lowest BCUT2D eigenvalue weighted by Crippen LogP contribution is -2.23. The summed E-state index contributed by atoms with van der Waals surface area (Å²) < 4.78 is 0. The molecule has 1 amide bonds. The molecule has 170 valence electrons. The molecule has 2 heterocycles. The third kappa shape index (κ3) is 4.34. The highest BCUT2D eigenvalue weighted by molar-refractivity contribution is 8.18. The van der Waals surface area contributed by atoms with E-state index >= 15 is 0 Å². The second-order valence-electron chi connectivity index (χ2n) is 8.33. The van der Waals surface area contributed by atoms with Crippen LogP contribution in [0.25, 0.3) is 6.08 Å². The molecule has 2 aliphatic rings. The fourth-order valence-corrected chi connectivity index (χ4v) is 4.90. The molecule has 0 saturated carbocycles. The van der Waals surface area contributed by atoms with Crippen LogP contribution in [0.15, 0.2) is 93.9 Å². The van der Waals surface area contributed by atoms with Crippen molar-refractivity contribution >= 4 is 40.3 Å². The Hall–Kier alpha value is -3.84. The Bertz CT molecular complexity index is 1310. The average Bonchev–Trinajstić information content (AvgIpc) is 3.45. The van der Waals surface area contributed by atoms with Crippen LogP contribution in [-0.2, 0) is 4.79 Å². The van der Waals surface area contributed by atoms with E-state index in [1.54, 1.807) is 24.3 Å². The molecule has 0 spiro atoms. The van der Waals surface area contributed by atoms with Crippen LogP contribution in [0, 0.1) is 0 Å². The van der Waals surface area contributed by atoms with Gasteiger partial charge in [0, 0.05) is 31.8 Å². The minimum Gasteiger partial charge on any atom is -0.507 e. The van der Waals surface area contributed by atoms with E-state index in [9.17, 15) is 9.90 Å². The number of aliphatic imine (C=N–C) groups is 1. The Morgan fingerprint density at radius 2 is 1.71 bits per heavy atom. The maximum Gasteiger partial charge on any atom is 0.286 e. The number of para-hydroxylation sites is 1. The molecule has 7 heteroatoms. The number of phenols is 1. The Morgan fingerprint density at radius 3 is 2.41 bits per heavy atom. The average molecular weight is 469 g/mol. The van der Waals surface area contributed by atoms with Crippen molar-refractivity contribution in [2.75, 3.05) is 19.0 Å². The van der Waals surface area contributed by atoms with Crippen LogP contribution in [0.4, 0.5) is 5.69 Å². The third-order valence-electron chi connectivity index (χ3n) is 5.84. The highest BCUT2D eigenvalue weighted by Gasteiger charge is 2.36. The molecular weight excluding hydrogens is 444 g/mol. The summed E-state index contributed by atoms with van der Waals surface area (Å²) in [6.45, 7) is 0. The Labute approximate surface area is 202 Å². The highest BCUT2D eigenvalue weighted by atomic mass is 32.2. The van der Waals surface area contributed by atoms with Gasteiger partial charge in [-0.3, -0.25) is 4.79 Å². The quantitative estimate of drug-likeness (QED) is 0.528. The van der Waals surface area contributed by atoms with Crippen molar-refractivity contribution in [3.8, 4) is 5.75 Å². The highest BCUT2D eigenvalue weighted by Crippen LogP contribution is 2.40. The van der Waals surface area contributed by atoms with Crippen molar-refractivity contribution < 1.29 is 9.90 Å². The van der Waals surface area contributed by atoms with Gasteiger partial charge in [-0.1, -0.05) is 60.7 Å². The van der Waals surface area contributed by atoms with E-state index in [-0.39, 0.29) is 17.7 Å². The summed E-state index contributed by atoms with van der Waals surface area (Å²) in [5.74, 6) is -0.199. The van der Waals surface area contributed by atoms with Gasteiger partial charge in [-0.25, -0.2) is 5.01 Å². The topological polar surface area (TPSA) is 68.5 Å². The van der Waals surface area contributed by atoms with E-state index in [4.69, 9.17) is 5.10 Å². The number of aromatic hydroxyl groups is 1. The van der Waals surface area contributed by atoms with Gasteiger partial charge in [-0.2, -0.15) is 10.1 Å². The van der Waals surface area contributed by atoms with E-state index < -0.39 is 0 Å². The number of hydrogen-bond acceptors (Lipinski definition) is 6. The van der Waals surface area contributed by atoms with Crippen molar-refractivity contribution in [1.29, 1.82) is 0 Å². The molecule has 0 aromatic heterocycles. The van der Waals surface area contributed by atoms with E-state index in [1.807, 2.05) is 55.5 Å². The van der Waals surface area contributed by atoms with Crippen LogP contribution in [0.2, 0.25) is 0 Å². The summed E-state index contributed by atoms with van der Waals surface area (Å²) in [4.78, 5) is 19.6. The molecule has 0 bridgehead atoms. The predicted octanol–water partition coefficient (Wildman–Crippen LogP) is 5.28. The Kier molecular flexibility index (Phi) is 5.94. The van der Waals surface area contributed by atoms with Gasteiger partial charge in [0.25, 0.3) is 5.91 Å². The lowest BCUT2D eigenvalue weighted by Gasteiger charge is -2.23. The van der Waals surface area contributed by atoms with Crippen molar-refractivity contribution in [3.05, 3.63) is 100 Å².